The first-order valence-corrected chi connectivity index (χ1v) is 5.09. The van der Waals surface area contributed by atoms with Crippen LogP contribution in [0.5, 0.6) is 0 Å². The van der Waals surface area contributed by atoms with Crippen molar-refractivity contribution in [3.05, 3.63) is 24.8 Å². The average Bonchev–Trinajstić information content (AvgIpc) is 2.18. The summed E-state index contributed by atoms with van der Waals surface area (Å²) in [4.78, 5) is 11.3. The summed E-state index contributed by atoms with van der Waals surface area (Å²) in [5.74, 6) is -1.28. The molecule has 0 rings (SSSR count). The van der Waals surface area contributed by atoms with Crippen molar-refractivity contribution >= 4 is 5.97 Å². The van der Waals surface area contributed by atoms with Crippen molar-refractivity contribution in [2.24, 2.45) is 0 Å². The highest BCUT2D eigenvalue weighted by Crippen LogP contribution is 2.19. The van der Waals surface area contributed by atoms with Gasteiger partial charge in [0.25, 0.3) is 0 Å². The Kier molecular flexibility index (Phi) is 5.94. The number of ether oxygens (including phenoxy) is 2. The first kappa shape index (κ1) is 13.9. The van der Waals surface area contributed by atoms with Crippen molar-refractivity contribution in [2.45, 2.75) is 39.4 Å². The maximum absolute atomic E-state index is 11.3. The van der Waals surface area contributed by atoms with Gasteiger partial charge in [-0.15, -0.1) is 6.58 Å². The number of carbonyl (C=O) groups is 1. The molecule has 0 aromatic carbocycles. The Morgan fingerprint density at radius 2 is 2.13 bits per heavy atom. The summed E-state index contributed by atoms with van der Waals surface area (Å²) in [6.07, 6.45) is 3.10. The van der Waals surface area contributed by atoms with E-state index in [9.17, 15) is 4.79 Å². The lowest BCUT2D eigenvalue weighted by atomic mass is 10.2. The molecule has 0 aliphatic carbocycles. The highest BCUT2D eigenvalue weighted by atomic mass is 16.7. The third kappa shape index (κ3) is 5.37. The van der Waals surface area contributed by atoms with Crippen molar-refractivity contribution in [2.75, 3.05) is 6.61 Å². The van der Waals surface area contributed by atoms with E-state index in [0.717, 1.165) is 6.42 Å². The molecule has 1 atom stereocenters. The van der Waals surface area contributed by atoms with Gasteiger partial charge >= 0.3 is 5.97 Å². The molecular formula is C12H20O3. The number of hydrogen-bond donors (Lipinski definition) is 0. The Labute approximate surface area is 91.8 Å². The van der Waals surface area contributed by atoms with Crippen LogP contribution in [0, 0.1) is 0 Å². The quantitative estimate of drug-likeness (QED) is 0.214. The molecule has 86 valence electrons. The van der Waals surface area contributed by atoms with E-state index in [1.54, 1.807) is 19.9 Å². The monoisotopic (exact) mass is 212 g/mol. The molecule has 0 saturated carbocycles. The molecule has 0 heterocycles. The summed E-state index contributed by atoms with van der Waals surface area (Å²) in [6.45, 7) is 12.9. The SMILES string of the molecule is C=CCCOC(C)(CC)OC(=O)C(=C)C. The second-order valence-corrected chi connectivity index (χ2v) is 3.58. The maximum Gasteiger partial charge on any atom is 0.335 e. The molecule has 15 heavy (non-hydrogen) atoms. The molecular weight excluding hydrogens is 192 g/mol. The van der Waals surface area contributed by atoms with E-state index in [1.165, 1.54) is 0 Å². The van der Waals surface area contributed by atoms with Gasteiger partial charge in [0.2, 0.25) is 5.79 Å². The van der Waals surface area contributed by atoms with Crippen LogP contribution in [0.25, 0.3) is 0 Å². The Morgan fingerprint density at radius 1 is 1.53 bits per heavy atom. The van der Waals surface area contributed by atoms with Crippen LogP contribution >= 0.6 is 0 Å². The molecule has 0 aliphatic heterocycles. The lowest BCUT2D eigenvalue weighted by molar-refractivity contribution is -0.221. The first-order valence-electron chi connectivity index (χ1n) is 5.09. The average molecular weight is 212 g/mol. The van der Waals surface area contributed by atoms with E-state index < -0.39 is 11.8 Å². The fourth-order valence-electron chi connectivity index (χ4n) is 0.845. The van der Waals surface area contributed by atoms with E-state index >= 15 is 0 Å². The van der Waals surface area contributed by atoms with Crippen LogP contribution in [0.2, 0.25) is 0 Å². The minimum absolute atomic E-state index is 0.377. The molecule has 0 spiro atoms. The third-order valence-electron chi connectivity index (χ3n) is 2.03. The van der Waals surface area contributed by atoms with E-state index in [0.29, 0.717) is 18.6 Å². The van der Waals surface area contributed by atoms with Crippen molar-refractivity contribution in [1.29, 1.82) is 0 Å². The molecule has 0 saturated heterocycles. The zero-order chi connectivity index (χ0) is 11.9. The highest BCUT2D eigenvalue weighted by molar-refractivity contribution is 5.87. The van der Waals surface area contributed by atoms with Crippen molar-refractivity contribution in [3.8, 4) is 0 Å². The Bertz CT molecular complexity index is 245. The van der Waals surface area contributed by atoms with Gasteiger partial charge in [0.15, 0.2) is 0 Å². The summed E-state index contributed by atoms with van der Waals surface area (Å²) in [6, 6.07) is 0. The molecule has 3 heteroatoms. The fourth-order valence-corrected chi connectivity index (χ4v) is 0.845. The van der Waals surface area contributed by atoms with Crippen LogP contribution in [0.1, 0.15) is 33.6 Å². The minimum Gasteiger partial charge on any atom is -0.430 e. The molecule has 0 aromatic heterocycles. The molecule has 0 amide bonds. The Hall–Kier alpha value is -1.09. The van der Waals surface area contributed by atoms with Gasteiger partial charge in [0.1, 0.15) is 0 Å². The van der Waals surface area contributed by atoms with Crippen LogP contribution in [0.4, 0.5) is 0 Å². The molecule has 0 fully saturated rings. The molecule has 3 nitrogen and oxygen atoms in total. The molecule has 0 N–H and O–H groups in total. The fraction of sp³-hybridized carbons (Fsp3) is 0.583. The van der Waals surface area contributed by atoms with Crippen LogP contribution < -0.4 is 0 Å². The predicted octanol–water partition coefficient (Wildman–Crippen LogP) is 2.82. The van der Waals surface area contributed by atoms with Gasteiger partial charge in [-0.2, -0.15) is 0 Å². The molecule has 0 aromatic rings. The van der Waals surface area contributed by atoms with E-state index in [2.05, 4.69) is 13.2 Å². The second kappa shape index (κ2) is 6.40. The summed E-state index contributed by atoms with van der Waals surface area (Å²) < 4.78 is 10.7. The van der Waals surface area contributed by atoms with Gasteiger partial charge in [0, 0.05) is 18.9 Å². The van der Waals surface area contributed by atoms with Gasteiger partial charge in [-0.3, -0.25) is 0 Å². The van der Waals surface area contributed by atoms with Crippen molar-refractivity contribution in [3.63, 3.8) is 0 Å². The molecule has 1 unspecified atom stereocenters. The zero-order valence-corrected chi connectivity index (χ0v) is 9.84. The Morgan fingerprint density at radius 3 is 2.53 bits per heavy atom. The van der Waals surface area contributed by atoms with E-state index in [-0.39, 0.29) is 0 Å². The first-order chi connectivity index (χ1) is 6.95. The number of rotatable bonds is 7. The zero-order valence-electron chi connectivity index (χ0n) is 9.84. The smallest absolute Gasteiger partial charge is 0.335 e. The third-order valence-corrected chi connectivity index (χ3v) is 2.03. The number of carbonyl (C=O) groups excluding carboxylic acids is 1. The lowest BCUT2D eigenvalue weighted by Gasteiger charge is -2.28. The molecule has 0 radical (unpaired) electrons. The van der Waals surface area contributed by atoms with Crippen molar-refractivity contribution < 1.29 is 14.3 Å². The summed E-state index contributed by atoms with van der Waals surface area (Å²) in [5, 5.41) is 0. The largest absolute Gasteiger partial charge is 0.430 e. The summed E-state index contributed by atoms with van der Waals surface area (Å²) in [7, 11) is 0. The lowest BCUT2D eigenvalue weighted by Crippen LogP contribution is -2.34. The highest BCUT2D eigenvalue weighted by Gasteiger charge is 2.27. The molecule has 0 bridgehead atoms. The van der Waals surface area contributed by atoms with Gasteiger partial charge in [-0.05, 0) is 13.3 Å². The van der Waals surface area contributed by atoms with Crippen LogP contribution in [0.3, 0.4) is 0 Å². The maximum atomic E-state index is 11.3. The number of esters is 1. The van der Waals surface area contributed by atoms with Gasteiger partial charge in [-0.25, -0.2) is 4.79 Å². The number of hydrogen-bond acceptors (Lipinski definition) is 3. The van der Waals surface area contributed by atoms with Crippen LogP contribution in [0.15, 0.2) is 24.8 Å². The van der Waals surface area contributed by atoms with Crippen LogP contribution in [-0.4, -0.2) is 18.4 Å². The summed E-state index contributed by atoms with van der Waals surface area (Å²) >= 11 is 0. The molecule has 0 aliphatic rings. The van der Waals surface area contributed by atoms with Crippen LogP contribution in [-0.2, 0) is 14.3 Å². The van der Waals surface area contributed by atoms with Gasteiger partial charge in [0.05, 0.1) is 6.61 Å². The van der Waals surface area contributed by atoms with Gasteiger partial charge in [-0.1, -0.05) is 19.6 Å². The second-order valence-electron chi connectivity index (χ2n) is 3.58. The minimum atomic E-state index is -0.862. The Balaban J connectivity index is 4.23. The van der Waals surface area contributed by atoms with Crippen molar-refractivity contribution in [1.82, 2.24) is 0 Å². The standard InChI is InChI=1S/C12H20O3/c1-6-8-9-14-12(5,7-2)15-11(13)10(3)4/h6H,1,3,7-9H2,2,4-5H3. The topological polar surface area (TPSA) is 35.5 Å². The van der Waals surface area contributed by atoms with E-state index in [4.69, 9.17) is 9.47 Å². The van der Waals surface area contributed by atoms with E-state index in [1.807, 2.05) is 6.92 Å². The summed E-state index contributed by atoms with van der Waals surface area (Å²) in [5.41, 5.74) is 0.377. The normalized spacial score (nSPS) is 14.1. The van der Waals surface area contributed by atoms with Gasteiger partial charge < -0.3 is 9.47 Å². The predicted molar refractivity (Wildman–Crippen MR) is 60.4 cm³/mol.